The molecule has 0 aromatic heterocycles. The number of hydrogen-bond donors (Lipinski definition) is 2. The third-order valence-corrected chi connectivity index (χ3v) is 2.49. The first-order valence-corrected chi connectivity index (χ1v) is 5.33. The fourth-order valence-electron chi connectivity index (χ4n) is 1.50. The highest BCUT2D eigenvalue weighted by Gasteiger charge is 2.11. The zero-order valence-electron chi connectivity index (χ0n) is 7.41. The number of rotatable bonds is 4. The molecule has 0 aromatic carbocycles. The van der Waals surface area contributed by atoms with Gasteiger partial charge in [-0.2, -0.15) is 0 Å². The second-order valence-corrected chi connectivity index (χ2v) is 4.46. The van der Waals surface area contributed by atoms with E-state index in [9.17, 15) is 0 Å². The van der Waals surface area contributed by atoms with Gasteiger partial charge in [-0.1, -0.05) is 22.5 Å². The lowest BCUT2D eigenvalue weighted by Crippen LogP contribution is -2.33. The Morgan fingerprint density at radius 2 is 2.17 bits per heavy atom. The number of nitrogens with one attached hydrogen (secondary N) is 2. The van der Waals surface area contributed by atoms with Crippen LogP contribution in [0.15, 0.2) is 11.1 Å². The molecule has 2 nitrogen and oxygen atoms in total. The molecule has 0 bridgehead atoms. The Labute approximate surface area is 82.9 Å². The third-order valence-electron chi connectivity index (χ3n) is 2.21. The molecule has 0 saturated carbocycles. The zero-order valence-corrected chi connectivity index (χ0v) is 8.99. The predicted molar refractivity (Wildman–Crippen MR) is 56.5 cm³/mol. The monoisotopic (exact) mass is 232 g/mol. The van der Waals surface area contributed by atoms with E-state index in [0.29, 0.717) is 0 Å². The van der Waals surface area contributed by atoms with Crippen LogP contribution in [-0.2, 0) is 0 Å². The largest absolute Gasteiger partial charge is 0.317 e. The van der Waals surface area contributed by atoms with Crippen molar-refractivity contribution < 1.29 is 0 Å². The van der Waals surface area contributed by atoms with Crippen molar-refractivity contribution in [3.8, 4) is 0 Å². The van der Waals surface area contributed by atoms with Crippen molar-refractivity contribution in [1.29, 1.82) is 0 Å². The van der Waals surface area contributed by atoms with Crippen molar-refractivity contribution in [1.82, 2.24) is 10.6 Å². The van der Waals surface area contributed by atoms with Gasteiger partial charge in [-0.25, -0.2) is 0 Å². The summed E-state index contributed by atoms with van der Waals surface area (Å²) in [4.78, 5) is 0. The summed E-state index contributed by atoms with van der Waals surface area (Å²) >= 11 is 3.33. The highest BCUT2D eigenvalue weighted by molar-refractivity contribution is 9.11. The summed E-state index contributed by atoms with van der Waals surface area (Å²) in [5.41, 5.74) is 0. The minimum atomic E-state index is 0.859. The van der Waals surface area contributed by atoms with Gasteiger partial charge in [0.1, 0.15) is 0 Å². The van der Waals surface area contributed by atoms with Crippen LogP contribution in [0.25, 0.3) is 0 Å². The van der Waals surface area contributed by atoms with E-state index in [1.807, 2.05) is 0 Å². The lowest BCUT2D eigenvalue weighted by atomic mass is 9.98. The van der Waals surface area contributed by atoms with Gasteiger partial charge < -0.3 is 10.6 Å². The van der Waals surface area contributed by atoms with Crippen molar-refractivity contribution in [3.05, 3.63) is 11.1 Å². The Bertz CT molecular complexity index is 141. The van der Waals surface area contributed by atoms with Crippen molar-refractivity contribution in [3.63, 3.8) is 0 Å². The molecule has 2 N–H and O–H groups in total. The molecule has 1 rings (SSSR count). The van der Waals surface area contributed by atoms with Crippen molar-refractivity contribution in [2.75, 3.05) is 26.2 Å². The summed E-state index contributed by atoms with van der Waals surface area (Å²) in [6.45, 7) is 8.17. The van der Waals surface area contributed by atoms with E-state index in [-0.39, 0.29) is 0 Å². The second-order valence-electron chi connectivity index (χ2n) is 3.34. The summed E-state index contributed by atoms with van der Waals surface area (Å²) in [7, 11) is 0. The lowest BCUT2D eigenvalue weighted by Gasteiger charge is -2.22. The summed E-state index contributed by atoms with van der Waals surface area (Å²) in [6.07, 6.45) is 2.61. The van der Waals surface area contributed by atoms with Crippen LogP contribution < -0.4 is 10.6 Å². The van der Waals surface area contributed by atoms with Crippen LogP contribution in [0, 0.1) is 5.92 Å². The van der Waals surface area contributed by atoms with Gasteiger partial charge >= 0.3 is 0 Å². The van der Waals surface area contributed by atoms with E-state index in [0.717, 1.165) is 23.5 Å². The van der Waals surface area contributed by atoms with Gasteiger partial charge in [0.25, 0.3) is 0 Å². The molecule has 0 amide bonds. The van der Waals surface area contributed by atoms with Crippen LogP contribution in [0.1, 0.15) is 12.8 Å². The molecular weight excluding hydrogens is 216 g/mol. The molecule has 0 radical (unpaired) electrons. The van der Waals surface area contributed by atoms with E-state index in [1.165, 1.54) is 25.9 Å². The molecule has 0 unspecified atom stereocenters. The Kier molecular flexibility index (Phi) is 4.88. The van der Waals surface area contributed by atoms with Gasteiger partial charge in [0.15, 0.2) is 0 Å². The normalized spacial score (nSPS) is 19.4. The first-order chi connectivity index (χ1) is 5.79. The molecule has 12 heavy (non-hydrogen) atoms. The summed E-state index contributed by atoms with van der Waals surface area (Å²) in [5.74, 6) is 0.859. The van der Waals surface area contributed by atoms with Crippen LogP contribution >= 0.6 is 15.9 Å². The van der Waals surface area contributed by atoms with Gasteiger partial charge in [-0.05, 0) is 38.4 Å². The van der Waals surface area contributed by atoms with Crippen LogP contribution in [-0.4, -0.2) is 26.2 Å². The Morgan fingerprint density at radius 3 is 2.75 bits per heavy atom. The number of hydrogen-bond acceptors (Lipinski definition) is 2. The minimum Gasteiger partial charge on any atom is -0.317 e. The van der Waals surface area contributed by atoms with Crippen LogP contribution in [0.5, 0.6) is 0 Å². The topological polar surface area (TPSA) is 24.1 Å². The van der Waals surface area contributed by atoms with Gasteiger partial charge in [-0.15, -0.1) is 0 Å². The molecule has 1 saturated heterocycles. The van der Waals surface area contributed by atoms with Gasteiger partial charge in [0, 0.05) is 11.0 Å². The molecule has 1 aliphatic rings. The van der Waals surface area contributed by atoms with E-state index < -0.39 is 0 Å². The maximum Gasteiger partial charge on any atom is 0.0265 e. The first kappa shape index (κ1) is 10.2. The zero-order chi connectivity index (χ0) is 8.81. The van der Waals surface area contributed by atoms with Crippen molar-refractivity contribution in [2.45, 2.75) is 12.8 Å². The molecule has 1 heterocycles. The molecule has 3 heteroatoms. The molecule has 0 atom stereocenters. The van der Waals surface area contributed by atoms with Gasteiger partial charge in [0.05, 0.1) is 0 Å². The Morgan fingerprint density at radius 1 is 1.50 bits per heavy atom. The maximum absolute atomic E-state index is 3.78. The van der Waals surface area contributed by atoms with Crippen LogP contribution in [0.2, 0.25) is 0 Å². The minimum absolute atomic E-state index is 0.859. The summed E-state index contributed by atoms with van der Waals surface area (Å²) in [5, 5.41) is 6.74. The predicted octanol–water partition coefficient (Wildman–Crippen LogP) is 1.48. The number of piperidine rings is 1. The second kappa shape index (κ2) is 5.73. The molecular formula is C9H17BrN2. The van der Waals surface area contributed by atoms with Gasteiger partial charge in [0.2, 0.25) is 0 Å². The quantitative estimate of drug-likeness (QED) is 0.768. The van der Waals surface area contributed by atoms with Crippen LogP contribution in [0.4, 0.5) is 0 Å². The van der Waals surface area contributed by atoms with Crippen LogP contribution in [0.3, 0.4) is 0 Å². The average Bonchev–Trinajstić information content (AvgIpc) is 2.05. The fourth-order valence-corrected chi connectivity index (χ4v) is 1.70. The standard InChI is InChI=1S/C9H17BrN2/c1-8(10)6-12-7-9-2-4-11-5-3-9/h9,11-12H,1-7H2. The smallest absolute Gasteiger partial charge is 0.0265 e. The Hall–Kier alpha value is 0.140. The highest BCUT2D eigenvalue weighted by Crippen LogP contribution is 2.10. The molecule has 0 spiro atoms. The highest BCUT2D eigenvalue weighted by atomic mass is 79.9. The molecule has 70 valence electrons. The van der Waals surface area contributed by atoms with E-state index in [1.54, 1.807) is 0 Å². The van der Waals surface area contributed by atoms with E-state index >= 15 is 0 Å². The molecule has 1 aliphatic heterocycles. The number of halogens is 1. The molecule has 0 aromatic rings. The Balaban J connectivity index is 2.01. The average molecular weight is 233 g/mol. The maximum atomic E-state index is 3.78. The van der Waals surface area contributed by atoms with Gasteiger partial charge in [-0.3, -0.25) is 0 Å². The molecule has 1 fully saturated rings. The molecule has 0 aliphatic carbocycles. The van der Waals surface area contributed by atoms with E-state index in [4.69, 9.17) is 0 Å². The third kappa shape index (κ3) is 4.24. The van der Waals surface area contributed by atoms with Crippen molar-refractivity contribution >= 4 is 15.9 Å². The SMILES string of the molecule is C=C(Br)CNCC1CCNCC1. The fraction of sp³-hybridized carbons (Fsp3) is 0.778. The van der Waals surface area contributed by atoms with E-state index in [2.05, 4.69) is 33.1 Å². The summed E-state index contributed by atoms with van der Waals surface area (Å²) in [6, 6.07) is 0. The van der Waals surface area contributed by atoms with Crippen molar-refractivity contribution in [2.24, 2.45) is 5.92 Å². The first-order valence-electron chi connectivity index (χ1n) is 4.54. The summed E-state index contributed by atoms with van der Waals surface area (Å²) < 4.78 is 1.04. The lowest BCUT2D eigenvalue weighted by molar-refractivity contribution is 0.361.